The molecule has 0 radical (unpaired) electrons. The van der Waals surface area contributed by atoms with Gasteiger partial charge in [-0.3, -0.25) is 4.68 Å². The van der Waals surface area contributed by atoms with Crippen molar-refractivity contribution in [3.8, 4) is 0 Å². The highest BCUT2D eigenvalue weighted by Gasteiger charge is 1.94. The third-order valence-electron chi connectivity index (χ3n) is 2.27. The topological polar surface area (TPSA) is 29.9 Å². The van der Waals surface area contributed by atoms with Crippen LogP contribution in [0, 0.1) is 3.57 Å². The Balaban J connectivity index is 1.93. The van der Waals surface area contributed by atoms with Crippen molar-refractivity contribution < 1.29 is 0 Å². The molecule has 0 fully saturated rings. The van der Waals surface area contributed by atoms with E-state index in [0.29, 0.717) is 0 Å². The molecule has 0 amide bonds. The molecule has 1 heterocycles. The SMILES string of the molecule is CCCNCCCCCn1cc(I)cn1. The number of hydrogen-bond acceptors (Lipinski definition) is 2. The fraction of sp³-hybridized carbons (Fsp3) is 0.727. The van der Waals surface area contributed by atoms with Gasteiger partial charge in [0, 0.05) is 12.7 Å². The van der Waals surface area contributed by atoms with Gasteiger partial charge in [-0.2, -0.15) is 5.10 Å². The van der Waals surface area contributed by atoms with Gasteiger partial charge in [0.1, 0.15) is 0 Å². The largest absolute Gasteiger partial charge is 0.317 e. The first-order valence-corrected chi connectivity index (χ1v) is 6.79. The van der Waals surface area contributed by atoms with Crippen molar-refractivity contribution in [1.82, 2.24) is 15.1 Å². The molecule has 0 saturated carbocycles. The molecule has 0 bridgehead atoms. The zero-order chi connectivity index (χ0) is 10.9. The van der Waals surface area contributed by atoms with Gasteiger partial charge in [-0.25, -0.2) is 0 Å². The van der Waals surface area contributed by atoms with Crippen LogP contribution in [0.2, 0.25) is 0 Å². The number of nitrogens with one attached hydrogen (secondary N) is 1. The molecule has 0 aromatic carbocycles. The minimum Gasteiger partial charge on any atom is -0.317 e. The van der Waals surface area contributed by atoms with Crippen molar-refractivity contribution in [2.24, 2.45) is 0 Å². The van der Waals surface area contributed by atoms with Crippen molar-refractivity contribution in [3.63, 3.8) is 0 Å². The van der Waals surface area contributed by atoms with Crippen LogP contribution < -0.4 is 5.32 Å². The van der Waals surface area contributed by atoms with Crippen molar-refractivity contribution >= 4 is 22.6 Å². The van der Waals surface area contributed by atoms with Gasteiger partial charge in [0.15, 0.2) is 0 Å². The average molecular weight is 321 g/mol. The van der Waals surface area contributed by atoms with Crippen LogP contribution in [0.15, 0.2) is 12.4 Å². The summed E-state index contributed by atoms with van der Waals surface area (Å²) < 4.78 is 3.25. The van der Waals surface area contributed by atoms with Gasteiger partial charge in [-0.05, 0) is 54.9 Å². The van der Waals surface area contributed by atoms with Crippen LogP contribution in [-0.4, -0.2) is 22.9 Å². The number of aromatic nitrogens is 2. The lowest BCUT2D eigenvalue weighted by molar-refractivity contribution is 0.528. The molecule has 3 nitrogen and oxygen atoms in total. The number of hydrogen-bond donors (Lipinski definition) is 1. The number of aryl methyl sites for hydroxylation is 1. The summed E-state index contributed by atoms with van der Waals surface area (Å²) in [6.07, 6.45) is 9.02. The van der Waals surface area contributed by atoms with E-state index in [1.165, 1.54) is 29.3 Å². The molecule has 0 aliphatic carbocycles. The predicted molar refractivity (Wildman–Crippen MR) is 72.0 cm³/mol. The lowest BCUT2D eigenvalue weighted by Gasteiger charge is -2.03. The number of nitrogens with zero attached hydrogens (tertiary/aromatic N) is 2. The molecular formula is C11H20IN3. The summed E-state index contributed by atoms with van der Waals surface area (Å²) in [5.74, 6) is 0. The van der Waals surface area contributed by atoms with Crippen LogP contribution in [0.25, 0.3) is 0 Å². The molecule has 4 heteroatoms. The van der Waals surface area contributed by atoms with E-state index in [2.05, 4.69) is 46.1 Å². The molecule has 0 aliphatic heterocycles. The number of halogens is 1. The molecule has 0 unspecified atom stereocenters. The van der Waals surface area contributed by atoms with Gasteiger partial charge in [0.05, 0.1) is 9.77 Å². The second-order valence-electron chi connectivity index (χ2n) is 3.73. The van der Waals surface area contributed by atoms with E-state index < -0.39 is 0 Å². The van der Waals surface area contributed by atoms with E-state index >= 15 is 0 Å². The van der Waals surface area contributed by atoms with E-state index in [4.69, 9.17) is 0 Å². The molecule has 86 valence electrons. The average Bonchev–Trinajstić information content (AvgIpc) is 2.63. The Morgan fingerprint density at radius 2 is 2.20 bits per heavy atom. The molecule has 1 N–H and O–H groups in total. The summed E-state index contributed by atoms with van der Waals surface area (Å²) in [6.45, 7) is 5.56. The number of rotatable bonds is 8. The maximum atomic E-state index is 4.26. The quantitative estimate of drug-likeness (QED) is 0.589. The molecule has 1 rings (SSSR count). The monoisotopic (exact) mass is 321 g/mol. The summed E-state index contributed by atoms with van der Waals surface area (Å²) in [6, 6.07) is 0. The molecule has 0 spiro atoms. The fourth-order valence-corrected chi connectivity index (χ4v) is 1.91. The molecule has 1 aromatic rings. The summed E-state index contributed by atoms with van der Waals surface area (Å²) in [5, 5.41) is 7.67. The molecule has 0 aliphatic rings. The van der Waals surface area contributed by atoms with Crippen LogP contribution >= 0.6 is 22.6 Å². The first-order valence-electron chi connectivity index (χ1n) is 5.71. The van der Waals surface area contributed by atoms with Crippen LogP contribution in [0.4, 0.5) is 0 Å². The second-order valence-corrected chi connectivity index (χ2v) is 4.98. The maximum Gasteiger partial charge on any atom is 0.0623 e. The second kappa shape index (κ2) is 8.10. The van der Waals surface area contributed by atoms with Crippen LogP contribution in [-0.2, 0) is 6.54 Å². The smallest absolute Gasteiger partial charge is 0.0623 e. The van der Waals surface area contributed by atoms with Gasteiger partial charge in [0.2, 0.25) is 0 Å². The molecule has 15 heavy (non-hydrogen) atoms. The lowest BCUT2D eigenvalue weighted by Crippen LogP contribution is -2.15. The summed E-state index contributed by atoms with van der Waals surface area (Å²) >= 11 is 2.29. The van der Waals surface area contributed by atoms with E-state index in [9.17, 15) is 0 Å². The minimum absolute atomic E-state index is 1.05. The Labute approximate surface area is 106 Å². The van der Waals surface area contributed by atoms with Gasteiger partial charge < -0.3 is 5.32 Å². The zero-order valence-corrected chi connectivity index (χ0v) is 11.5. The van der Waals surface area contributed by atoms with Gasteiger partial charge in [0.25, 0.3) is 0 Å². The highest BCUT2D eigenvalue weighted by molar-refractivity contribution is 14.1. The van der Waals surface area contributed by atoms with Crippen molar-refractivity contribution in [3.05, 3.63) is 16.0 Å². The van der Waals surface area contributed by atoms with E-state index in [0.717, 1.165) is 19.6 Å². The zero-order valence-electron chi connectivity index (χ0n) is 9.38. The first kappa shape index (κ1) is 13.0. The van der Waals surface area contributed by atoms with Gasteiger partial charge in [-0.15, -0.1) is 0 Å². The summed E-state index contributed by atoms with van der Waals surface area (Å²) in [5.41, 5.74) is 0. The van der Waals surface area contributed by atoms with E-state index in [-0.39, 0.29) is 0 Å². The lowest BCUT2D eigenvalue weighted by atomic mass is 10.2. The highest BCUT2D eigenvalue weighted by atomic mass is 127. The Kier molecular flexibility index (Phi) is 7.00. The molecule has 0 atom stereocenters. The van der Waals surface area contributed by atoms with Crippen molar-refractivity contribution in [2.75, 3.05) is 13.1 Å². The maximum absolute atomic E-state index is 4.26. The highest BCUT2D eigenvalue weighted by Crippen LogP contribution is 2.03. The first-order chi connectivity index (χ1) is 7.33. The van der Waals surface area contributed by atoms with Crippen molar-refractivity contribution in [2.45, 2.75) is 39.2 Å². The molecule has 0 saturated heterocycles. The van der Waals surface area contributed by atoms with E-state index in [1.54, 1.807) is 0 Å². The van der Waals surface area contributed by atoms with Crippen LogP contribution in [0.3, 0.4) is 0 Å². The standard InChI is InChI=1S/C11H20IN3/c1-2-6-13-7-4-3-5-8-15-10-11(12)9-14-15/h9-10,13H,2-8H2,1H3. The fourth-order valence-electron chi connectivity index (χ4n) is 1.46. The van der Waals surface area contributed by atoms with Gasteiger partial charge in [-0.1, -0.05) is 13.3 Å². The Hall–Kier alpha value is -0.100. The minimum atomic E-state index is 1.05. The third-order valence-corrected chi connectivity index (χ3v) is 2.83. The Morgan fingerprint density at radius 3 is 2.87 bits per heavy atom. The third kappa shape index (κ3) is 6.14. The molecule has 1 aromatic heterocycles. The normalized spacial score (nSPS) is 10.8. The van der Waals surface area contributed by atoms with Crippen LogP contribution in [0.1, 0.15) is 32.6 Å². The predicted octanol–water partition coefficient (Wildman–Crippen LogP) is 2.66. The summed E-state index contributed by atoms with van der Waals surface area (Å²) in [4.78, 5) is 0. The Bertz CT molecular complexity index is 260. The molecular weight excluding hydrogens is 301 g/mol. The summed E-state index contributed by atoms with van der Waals surface area (Å²) in [7, 11) is 0. The van der Waals surface area contributed by atoms with E-state index in [1.807, 2.05) is 10.9 Å². The van der Waals surface area contributed by atoms with Crippen LogP contribution in [0.5, 0.6) is 0 Å². The Morgan fingerprint density at radius 1 is 1.33 bits per heavy atom. The van der Waals surface area contributed by atoms with Crippen molar-refractivity contribution in [1.29, 1.82) is 0 Å². The van der Waals surface area contributed by atoms with Gasteiger partial charge >= 0.3 is 0 Å². The number of unbranched alkanes of at least 4 members (excludes halogenated alkanes) is 2.